The fourth-order valence-electron chi connectivity index (χ4n) is 2.02. The van der Waals surface area contributed by atoms with Crippen LogP contribution in [0.25, 0.3) is 0 Å². The lowest BCUT2D eigenvalue weighted by Gasteiger charge is -2.09. The van der Waals surface area contributed by atoms with E-state index in [-0.39, 0.29) is 32.5 Å². The standard InChI is InChI=1S/C18H11Cl4NO3/c1-9(17(24)10-3-5-12(19)14(21)7-10)16(23-26-2)18(25)11-4-6-13(20)15(22)8-11/h3-8H,1H2,2H3/b23-16+. The van der Waals surface area contributed by atoms with Gasteiger partial charge in [-0.1, -0.05) is 58.1 Å². The molecule has 0 aliphatic carbocycles. The molecule has 4 nitrogen and oxygen atoms in total. The first-order valence-corrected chi connectivity index (χ1v) is 8.57. The van der Waals surface area contributed by atoms with Crippen molar-refractivity contribution in [3.05, 3.63) is 79.8 Å². The molecule has 0 unspecified atom stereocenters. The second kappa shape index (κ2) is 8.69. The van der Waals surface area contributed by atoms with Crippen molar-refractivity contribution in [2.24, 2.45) is 5.16 Å². The number of hydrogen-bond acceptors (Lipinski definition) is 4. The van der Waals surface area contributed by atoms with Gasteiger partial charge >= 0.3 is 0 Å². The van der Waals surface area contributed by atoms with Gasteiger partial charge in [0.25, 0.3) is 0 Å². The average Bonchev–Trinajstić information content (AvgIpc) is 2.62. The maximum Gasteiger partial charge on any atom is 0.215 e. The Morgan fingerprint density at radius 2 is 1.31 bits per heavy atom. The number of Topliss-reactive ketones (excluding diaryl/α,β-unsaturated/α-hetero) is 2. The molecule has 0 N–H and O–H groups in total. The smallest absolute Gasteiger partial charge is 0.215 e. The molecule has 8 heteroatoms. The van der Waals surface area contributed by atoms with Gasteiger partial charge in [-0.05, 0) is 36.4 Å². The second-order valence-corrected chi connectivity index (χ2v) is 6.65. The van der Waals surface area contributed by atoms with Gasteiger partial charge in [0.05, 0.1) is 20.1 Å². The molecule has 0 spiro atoms. The summed E-state index contributed by atoms with van der Waals surface area (Å²) in [5, 5.41) is 4.63. The molecular formula is C18H11Cl4NO3. The summed E-state index contributed by atoms with van der Waals surface area (Å²) in [5.41, 5.74) is -0.0447. The van der Waals surface area contributed by atoms with Crippen molar-refractivity contribution in [2.75, 3.05) is 7.11 Å². The largest absolute Gasteiger partial charge is 0.399 e. The number of carbonyl (C=O) groups excluding carboxylic acids is 2. The number of halogens is 4. The highest BCUT2D eigenvalue weighted by molar-refractivity contribution is 6.57. The van der Waals surface area contributed by atoms with Crippen LogP contribution in [0.3, 0.4) is 0 Å². The molecule has 0 saturated carbocycles. The van der Waals surface area contributed by atoms with E-state index in [4.69, 9.17) is 51.2 Å². The number of benzene rings is 2. The van der Waals surface area contributed by atoms with E-state index in [1.807, 2.05) is 0 Å². The van der Waals surface area contributed by atoms with Gasteiger partial charge in [-0.2, -0.15) is 0 Å². The van der Waals surface area contributed by atoms with Crippen LogP contribution in [-0.4, -0.2) is 24.4 Å². The van der Waals surface area contributed by atoms with E-state index in [2.05, 4.69) is 11.7 Å². The fraction of sp³-hybridized carbons (Fsp3) is 0.0556. The number of hydrogen-bond donors (Lipinski definition) is 0. The Kier molecular flexibility index (Phi) is 6.84. The first kappa shape index (κ1) is 20.5. The molecule has 2 aromatic rings. The number of carbonyl (C=O) groups is 2. The molecule has 2 rings (SSSR count). The monoisotopic (exact) mass is 429 g/mol. The Bertz CT molecular complexity index is 938. The van der Waals surface area contributed by atoms with Gasteiger partial charge < -0.3 is 4.84 Å². The van der Waals surface area contributed by atoms with Crippen molar-refractivity contribution in [3.63, 3.8) is 0 Å². The molecule has 0 aliphatic rings. The summed E-state index contributed by atoms with van der Waals surface area (Å²) in [6, 6.07) is 8.61. The van der Waals surface area contributed by atoms with E-state index in [1.165, 1.54) is 43.5 Å². The molecule has 0 bridgehead atoms. The predicted octanol–water partition coefficient (Wildman–Crippen LogP) is 5.92. The lowest BCUT2D eigenvalue weighted by Crippen LogP contribution is -2.22. The van der Waals surface area contributed by atoms with Gasteiger partial charge in [0, 0.05) is 16.7 Å². The summed E-state index contributed by atoms with van der Waals surface area (Å²) in [4.78, 5) is 30.1. The molecule has 0 heterocycles. The second-order valence-electron chi connectivity index (χ2n) is 5.02. The lowest BCUT2D eigenvalue weighted by atomic mass is 9.95. The Balaban J connectivity index is 2.39. The molecule has 0 atom stereocenters. The lowest BCUT2D eigenvalue weighted by molar-refractivity contribution is 0.101. The molecular weight excluding hydrogens is 420 g/mol. The third kappa shape index (κ3) is 4.46. The van der Waals surface area contributed by atoms with E-state index in [9.17, 15) is 9.59 Å². The van der Waals surface area contributed by atoms with Crippen molar-refractivity contribution in [3.8, 4) is 0 Å². The molecule has 0 saturated heterocycles. The van der Waals surface area contributed by atoms with Crippen LogP contribution < -0.4 is 0 Å². The van der Waals surface area contributed by atoms with Crippen molar-refractivity contribution < 1.29 is 14.4 Å². The third-order valence-corrected chi connectivity index (χ3v) is 4.80. The van der Waals surface area contributed by atoms with Crippen LogP contribution in [-0.2, 0) is 4.84 Å². The minimum Gasteiger partial charge on any atom is -0.399 e. The first-order valence-electron chi connectivity index (χ1n) is 7.06. The van der Waals surface area contributed by atoms with E-state index in [0.717, 1.165) is 0 Å². The maximum atomic E-state index is 12.7. The number of allylic oxidation sites excluding steroid dienone is 1. The zero-order valence-corrected chi connectivity index (χ0v) is 16.4. The van der Waals surface area contributed by atoms with Crippen LogP contribution in [0.2, 0.25) is 20.1 Å². The van der Waals surface area contributed by atoms with Crippen molar-refractivity contribution >= 4 is 63.7 Å². The van der Waals surface area contributed by atoms with Crippen LogP contribution >= 0.6 is 46.4 Å². The highest BCUT2D eigenvalue weighted by Crippen LogP contribution is 2.26. The molecule has 0 amide bonds. The topological polar surface area (TPSA) is 55.7 Å². The average molecular weight is 431 g/mol. The maximum absolute atomic E-state index is 12.7. The van der Waals surface area contributed by atoms with E-state index in [1.54, 1.807) is 0 Å². The third-order valence-electron chi connectivity index (χ3n) is 3.32. The van der Waals surface area contributed by atoms with Gasteiger partial charge in [0.1, 0.15) is 7.11 Å². The van der Waals surface area contributed by atoms with Crippen LogP contribution in [0.4, 0.5) is 0 Å². The molecule has 134 valence electrons. The normalized spacial score (nSPS) is 11.2. The fourth-order valence-corrected chi connectivity index (χ4v) is 2.61. The van der Waals surface area contributed by atoms with Gasteiger partial charge in [0.2, 0.25) is 5.78 Å². The number of oxime groups is 1. The highest BCUT2D eigenvalue weighted by atomic mass is 35.5. The summed E-state index contributed by atoms with van der Waals surface area (Å²) in [6.45, 7) is 3.67. The minimum absolute atomic E-state index is 0.165. The van der Waals surface area contributed by atoms with E-state index < -0.39 is 11.6 Å². The van der Waals surface area contributed by atoms with Crippen molar-refractivity contribution in [2.45, 2.75) is 0 Å². The number of rotatable bonds is 6. The Labute approximate surface area is 169 Å². The van der Waals surface area contributed by atoms with Crippen LogP contribution in [0.15, 0.2) is 53.7 Å². The summed E-state index contributed by atoms with van der Waals surface area (Å²) in [7, 11) is 1.25. The van der Waals surface area contributed by atoms with Crippen molar-refractivity contribution in [1.82, 2.24) is 0 Å². The highest BCUT2D eigenvalue weighted by Gasteiger charge is 2.25. The molecule has 0 aromatic heterocycles. The summed E-state index contributed by atoms with van der Waals surface area (Å²) < 4.78 is 0. The molecule has 0 aliphatic heterocycles. The number of nitrogens with zero attached hydrogens (tertiary/aromatic N) is 1. The molecule has 0 fully saturated rings. The summed E-state index contributed by atoms with van der Waals surface area (Å²) >= 11 is 23.6. The first-order chi connectivity index (χ1) is 12.3. The molecule has 26 heavy (non-hydrogen) atoms. The quantitative estimate of drug-likeness (QED) is 0.247. The SMILES string of the molecule is C=C(C(=O)c1ccc(Cl)c(Cl)c1)/C(=N\OC)C(=O)c1ccc(Cl)c(Cl)c1. The molecule has 0 radical (unpaired) electrons. The van der Waals surface area contributed by atoms with Gasteiger partial charge in [-0.15, -0.1) is 0 Å². The van der Waals surface area contributed by atoms with E-state index >= 15 is 0 Å². The van der Waals surface area contributed by atoms with Gasteiger partial charge in [0.15, 0.2) is 11.5 Å². The zero-order valence-electron chi connectivity index (χ0n) is 13.4. The predicted molar refractivity (Wildman–Crippen MR) is 105 cm³/mol. The van der Waals surface area contributed by atoms with Gasteiger partial charge in [-0.3, -0.25) is 9.59 Å². The molecule has 2 aromatic carbocycles. The Morgan fingerprint density at radius 3 is 1.73 bits per heavy atom. The van der Waals surface area contributed by atoms with Crippen LogP contribution in [0, 0.1) is 0 Å². The minimum atomic E-state index is -0.594. The summed E-state index contributed by atoms with van der Waals surface area (Å²) in [5.74, 6) is -1.14. The Hall–Kier alpha value is -1.85. The Morgan fingerprint density at radius 1 is 0.846 bits per heavy atom. The zero-order chi connectivity index (χ0) is 19.4. The van der Waals surface area contributed by atoms with E-state index in [0.29, 0.717) is 10.0 Å². The van der Waals surface area contributed by atoms with Gasteiger partial charge in [-0.25, -0.2) is 0 Å². The number of ketones is 2. The van der Waals surface area contributed by atoms with Crippen molar-refractivity contribution in [1.29, 1.82) is 0 Å². The summed E-state index contributed by atoms with van der Waals surface area (Å²) in [6.07, 6.45) is 0. The van der Waals surface area contributed by atoms with Crippen LogP contribution in [0.5, 0.6) is 0 Å². The van der Waals surface area contributed by atoms with Crippen LogP contribution in [0.1, 0.15) is 20.7 Å².